The second-order valence-electron chi connectivity index (χ2n) is 16.8. The molecule has 0 aliphatic heterocycles. The lowest BCUT2D eigenvalue weighted by Gasteiger charge is -2.21. The average molecular weight is 933 g/mol. The van der Waals surface area contributed by atoms with Crippen LogP contribution in [0.4, 0.5) is 0 Å². The summed E-state index contributed by atoms with van der Waals surface area (Å²) in [5, 5.41) is 66.6. The number of esters is 2. The summed E-state index contributed by atoms with van der Waals surface area (Å²) in [5.74, 6) is -2.88. The van der Waals surface area contributed by atoms with Crippen LogP contribution in [0.3, 0.4) is 0 Å². The summed E-state index contributed by atoms with van der Waals surface area (Å²) < 4.78 is 27.8. The van der Waals surface area contributed by atoms with Crippen LogP contribution in [0, 0.1) is 0 Å². The van der Waals surface area contributed by atoms with E-state index in [1.807, 2.05) is 0 Å². The van der Waals surface area contributed by atoms with Crippen molar-refractivity contribution in [2.45, 2.75) is 243 Å². The molecule has 16 heteroatoms. The summed E-state index contributed by atoms with van der Waals surface area (Å²) in [6.07, 6.45) is 34.4. The minimum atomic E-state index is -4.55. The maximum absolute atomic E-state index is 12.5. The van der Waals surface area contributed by atoms with Crippen molar-refractivity contribution in [2.75, 3.05) is 46.2 Å². The summed E-state index contributed by atoms with van der Waals surface area (Å²) >= 11 is 0. The van der Waals surface area contributed by atoms with Gasteiger partial charge in [-0.25, -0.2) is 0 Å². The van der Waals surface area contributed by atoms with E-state index in [0.29, 0.717) is 12.8 Å². The number of carbonyl (C=O) groups excluding carboxylic acids is 2. The minimum absolute atomic E-state index is 0.192. The Kier molecular flexibility index (Phi) is 54.3. The Hall–Kier alpha value is -1.23. The van der Waals surface area contributed by atoms with E-state index in [1.54, 1.807) is 0 Å². The van der Waals surface area contributed by atoms with Gasteiger partial charge in [0.05, 0.1) is 39.6 Å². The molecule has 0 saturated carbocycles. The highest BCUT2D eigenvalue weighted by molar-refractivity contribution is 7.53. The first kappa shape index (κ1) is 66.0. The van der Waals surface area contributed by atoms with Gasteiger partial charge in [0.1, 0.15) is 18.8 Å². The summed E-state index contributed by atoms with van der Waals surface area (Å²) in [7, 11) is -4.55. The first-order valence-electron chi connectivity index (χ1n) is 24.8. The maximum Gasteiger partial charge on any atom is 0.358 e. The van der Waals surface area contributed by atoms with Gasteiger partial charge in [-0.1, -0.05) is 194 Å². The van der Waals surface area contributed by atoms with Crippen LogP contribution < -0.4 is 0 Å². The largest absolute Gasteiger partial charge is 0.462 e. The van der Waals surface area contributed by atoms with Crippen LogP contribution in [-0.4, -0.2) is 128 Å². The van der Waals surface area contributed by atoms with Crippen molar-refractivity contribution >= 4 is 19.5 Å². The molecule has 9 N–H and O–H groups in total. The van der Waals surface area contributed by atoms with Gasteiger partial charge in [0, 0.05) is 12.8 Å². The van der Waals surface area contributed by atoms with Gasteiger partial charge in [-0.2, -0.15) is 0 Å². The van der Waals surface area contributed by atoms with Gasteiger partial charge in [0.25, 0.3) is 0 Å². The molecule has 63 heavy (non-hydrogen) atoms. The highest BCUT2D eigenvalue weighted by Crippen LogP contribution is 2.46. The fourth-order valence-electron chi connectivity index (χ4n) is 6.39. The maximum atomic E-state index is 12.5. The van der Waals surface area contributed by atoms with Crippen molar-refractivity contribution in [1.29, 1.82) is 0 Å². The van der Waals surface area contributed by atoms with E-state index in [-0.39, 0.29) is 45.9 Å². The molecule has 15 nitrogen and oxygen atoms in total. The van der Waals surface area contributed by atoms with Gasteiger partial charge < -0.3 is 59.7 Å². The van der Waals surface area contributed by atoms with Gasteiger partial charge in [0.2, 0.25) is 0 Å². The lowest BCUT2D eigenvalue weighted by Crippen LogP contribution is -2.30. The number of hydrogen-bond donors (Lipinski definition) is 9. The van der Waals surface area contributed by atoms with Crippen molar-refractivity contribution in [1.82, 2.24) is 0 Å². The first-order valence-corrected chi connectivity index (χ1v) is 26.4. The molecule has 0 amide bonds. The van der Waals surface area contributed by atoms with Crippen LogP contribution in [0.2, 0.25) is 0 Å². The third-order valence-corrected chi connectivity index (χ3v) is 12.0. The number of hydrogen-bond acceptors (Lipinski definition) is 14. The van der Waals surface area contributed by atoms with Gasteiger partial charge >= 0.3 is 19.5 Å². The normalized spacial score (nSPS) is 13.2. The monoisotopic (exact) mass is 933 g/mol. The topological polar surface area (TPSA) is 261 Å². The van der Waals surface area contributed by atoms with E-state index in [1.165, 1.54) is 148 Å². The number of aliphatic hydroxyl groups is 8. The standard InChI is InChI=1S/C41H81O9P.2C3H8O3/c1-3-5-7-9-11-13-15-17-19-21-23-25-27-29-31-33-39(43)48-36-38(37-49-51(46,47)41(45)35-42)50-40(44)34-32-30-28-26-24-22-20-18-16-14-12-10-8-6-4-2;2*4-1-3(6)2-5/h38,41-42,45H,3-37H2,1-2H3,(H,46,47);2*3-6H,1-2H2/t38-,41?;;/m1../s1. The fraction of sp³-hybridized carbons (Fsp3) is 0.957. The zero-order valence-electron chi connectivity index (χ0n) is 39.8. The zero-order valence-corrected chi connectivity index (χ0v) is 40.7. The van der Waals surface area contributed by atoms with Gasteiger partial charge in [-0.3, -0.25) is 14.2 Å². The van der Waals surface area contributed by atoms with Gasteiger partial charge in [-0.05, 0) is 12.8 Å². The highest BCUT2D eigenvalue weighted by atomic mass is 31.2. The summed E-state index contributed by atoms with van der Waals surface area (Å²) in [6.45, 7) is 1.25. The second kappa shape index (κ2) is 51.7. The summed E-state index contributed by atoms with van der Waals surface area (Å²) in [4.78, 5) is 34.8. The Morgan fingerprint density at radius 1 is 0.429 bits per heavy atom. The molecule has 2 unspecified atom stereocenters. The van der Waals surface area contributed by atoms with E-state index in [9.17, 15) is 24.2 Å². The van der Waals surface area contributed by atoms with Crippen LogP contribution in [0.5, 0.6) is 0 Å². The Labute approximate surface area is 382 Å². The van der Waals surface area contributed by atoms with Crippen LogP contribution in [0.15, 0.2) is 0 Å². The molecule has 0 fully saturated rings. The van der Waals surface area contributed by atoms with Crippen LogP contribution in [-0.2, 0) is 28.2 Å². The Morgan fingerprint density at radius 3 is 0.984 bits per heavy atom. The quantitative estimate of drug-likeness (QED) is 0.0159. The SMILES string of the molecule is CCCCCCCCCCCCCCCCCC(=O)OC[C@H](COP(=O)(O)C(O)CO)OC(=O)CCCCCCCCCCCCCCCCC.OCC(O)CO.OCC(O)CO. The van der Waals surface area contributed by atoms with Crippen LogP contribution in [0.25, 0.3) is 0 Å². The van der Waals surface area contributed by atoms with Crippen LogP contribution >= 0.6 is 7.60 Å². The minimum Gasteiger partial charge on any atom is -0.462 e. The molecule has 0 bridgehead atoms. The Morgan fingerprint density at radius 2 is 0.714 bits per heavy atom. The third kappa shape index (κ3) is 51.6. The van der Waals surface area contributed by atoms with E-state index in [2.05, 4.69) is 13.8 Å². The summed E-state index contributed by atoms with van der Waals surface area (Å²) in [6, 6.07) is 0. The molecular weight excluding hydrogens is 835 g/mol. The third-order valence-electron chi connectivity index (χ3n) is 10.5. The smallest absolute Gasteiger partial charge is 0.358 e. The zero-order chi connectivity index (χ0) is 47.7. The molecule has 0 aliphatic rings. The molecule has 0 aromatic carbocycles. The molecular formula is C47H97O15P. The molecule has 3 atom stereocenters. The number of unbranched alkanes of at least 4 members (excludes halogenated alkanes) is 28. The first-order chi connectivity index (χ1) is 30.4. The molecule has 0 radical (unpaired) electrons. The number of rotatable bonds is 44. The molecule has 0 spiro atoms. The molecule has 380 valence electrons. The van der Waals surface area contributed by atoms with Gasteiger partial charge in [-0.15, -0.1) is 0 Å². The van der Waals surface area contributed by atoms with E-state index >= 15 is 0 Å². The van der Waals surface area contributed by atoms with Crippen molar-refractivity contribution in [3.63, 3.8) is 0 Å². The molecule has 0 aliphatic carbocycles. The van der Waals surface area contributed by atoms with Crippen molar-refractivity contribution < 1.29 is 73.9 Å². The van der Waals surface area contributed by atoms with E-state index in [0.717, 1.165) is 32.1 Å². The fourth-order valence-corrected chi connectivity index (χ4v) is 7.15. The molecule has 0 rings (SSSR count). The highest BCUT2D eigenvalue weighted by Gasteiger charge is 2.32. The average Bonchev–Trinajstić information content (AvgIpc) is 3.29. The predicted octanol–water partition coefficient (Wildman–Crippen LogP) is 8.14. The molecule has 0 saturated heterocycles. The lowest BCUT2D eigenvalue weighted by molar-refractivity contribution is -0.161. The predicted molar refractivity (Wildman–Crippen MR) is 249 cm³/mol. The molecule has 0 aromatic heterocycles. The van der Waals surface area contributed by atoms with Gasteiger partial charge in [0.15, 0.2) is 11.9 Å². The van der Waals surface area contributed by atoms with Crippen molar-refractivity contribution in [3.05, 3.63) is 0 Å². The second-order valence-corrected chi connectivity index (χ2v) is 18.7. The van der Waals surface area contributed by atoms with Crippen molar-refractivity contribution in [3.8, 4) is 0 Å². The van der Waals surface area contributed by atoms with Crippen molar-refractivity contribution in [2.24, 2.45) is 0 Å². The number of aliphatic hydroxyl groups excluding tert-OH is 8. The number of ether oxygens (including phenoxy) is 2. The molecule has 0 aromatic rings. The van der Waals surface area contributed by atoms with Crippen LogP contribution in [0.1, 0.15) is 219 Å². The Balaban J connectivity index is -0.00000261. The van der Waals surface area contributed by atoms with E-state index < -0.39 is 56.9 Å². The Bertz CT molecular complexity index is 975. The molecule has 0 heterocycles. The van der Waals surface area contributed by atoms with E-state index in [4.69, 9.17) is 49.7 Å². The summed E-state index contributed by atoms with van der Waals surface area (Å²) in [5.41, 5.74) is 0. The number of carbonyl (C=O) groups is 2. The lowest BCUT2D eigenvalue weighted by atomic mass is 10.0.